The maximum Gasteiger partial charge on any atom is 0.295 e. The molecular formula is C27H34ClN3O3. The number of ketones is 1. The summed E-state index contributed by atoms with van der Waals surface area (Å²) in [5.41, 5.74) is 1.24. The summed E-state index contributed by atoms with van der Waals surface area (Å²) in [7, 11) is 0. The Hall–Kier alpha value is -2.70. The van der Waals surface area contributed by atoms with E-state index in [1.807, 2.05) is 6.07 Å². The number of amides is 1. The smallest absolute Gasteiger partial charge is 0.295 e. The van der Waals surface area contributed by atoms with E-state index in [9.17, 15) is 14.7 Å². The number of Topliss-reactive ketones (excluding diaryl/α,β-unsaturated/α-hetero) is 1. The van der Waals surface area contributed by atoms with Crippen molar-refractivity contribution in [3.05, 3.63) is 70.5 Å². The number of benzene rings is 1. The Labute approximate surface area is 207 Å². The number of halogens is 1. The predicted molar refractivity (Wildman–Crippen MR) is 136 cm³/mol. The van der Waals surface area contributed by atoms with Crippen molar-refractivity contribution >= 4 is 29.1 Å². The highest BCUT2D eigenvalue weighted by molar-refractivity contribution is 6.46. The van der Waals surface area contributed by atoms with E-state index in [0.29, 0.717) is 22.7 Å². The number of carbonyl (C=O) groups excluding carboxylic acids is 2. The molecule has 1 amide bonds. The first kappa shape index (κ1) is 25.9. The van der Waals surface area contributed by atoms with Crippen molar-refractivity contribution in [2.45, 2.75) is 52.0 Å². The fraction of sp³-hybridized carbons (Fsp3) is 0.444. The molecule has 34 heavy (non-hydrogen) atoms. The highest BCUT2D eigenvalue weighted by atomic mass is 35.5. The number of hydrogen-bond donors (Lipinski definition) is 1. The van der Waals surface area contributed by atoms with Gasteiger partial charge in [-0.15, -0.1) is 0 Å². The van der Waals surface area contributed by atoms with Crippen LogP contribution in [0.5, 0.6) is 0 Å². The molecule has 1 saturated heterocycles. The van der Waals surface area contributed by atoms with Gasteiger partial charge in [0.25, 0.3) is 11.7 Å². The molecule has 0 radical (unpaired) electrons. The number of likely N-dealkylation sites (tertiary alicyclic amines) is 1. The van der Waals surface area contributed by atoms with E-state index in [0.717, 1.165) is 51.7 Å². The second kappa shape index (κ2) is 12.7. The Morgan fingerprint density at radius 2 is 1.68 bits per heavy atom. The molecule has 1 fully saturated rings. The van der Waals surface area contributed by atoms with Gasteiger partial charge in [-0.2, -0.15) is 0 Å². The summed E-state index contributed by atoms with van der Waals surface area (Å²) in [4.78, 5) is 34.4. The average molecular weight is 484 g/mol. The molecule has 2 aromatic rings. The van der Waals surface area contributed by atoms with Crippen molar-refractivity contribution in [1.29, 1.82) is 0 Å². The van der Waals surface area contributed by atoms with Crippen LogP contribution in [0.4, 0.5) is 0 Å². The SMILES string of the molecule is CCCCN(CCCC)CCCN1C(=O)C(=O)/C(=C(\O)c2ccc(Cl)cc2)C1c1cccnc1. The highest BCUT2D eigenvalue weighted by Crippen LogP contribution is 2.39. The number of aromatic nitrogens is 1. The molecule has 1 aliphatic rings. The molecule has 2 heterocycles. The number of carbonyl (C=O) groups is 2. The fourth-order valence-electron chi connectivity index (χ4n) is 4.32. The second-order valence-electron chi connectivity index (χ2n) is 8.69. The lowest BCUT2D eigenvalue weighted by atomic mass is 9.96. The number of aliphatic hydroxyl groups excluding tert-OH is 1. The van der Waals surface area contributed by atoms with E-state index < -0.39 is 17.7 Å². The van der Waals surface area contributed by atoms with Gasteiger partial charge in [0.2, 0.25) is 0 Å². The number of rotatable bonds is 12. The summed E-state index contributed by atoms with van der Waals surface area (Å²) in [5.74, 6) is -1.45. The van der Waals surface area contributed by atoms with Gasteiger partial charge in [-0.05, 0) is 74.8 Å². The minimum atomic E-state index is -0.677. The van der Waals surface area contributed by atoms with Gasteiger partial charge in [-0.1, -0.05) is 44.4 Å². The van der Waals surface area contributed by atoms with Gasteiger partial charge in [0.1, 0.15) is 5.76 Å². The van der Waals surface area contributed by atoms with Crippen LogP contribution >= 0.6 is 11.6 Å². The van der Waals surface area contributed by atoms with Crippen molar-refractivity contribution in [2.75, 3.05) is 26.2 Å². The molecule has 0 saturated carbocycles. The van der Waals surface area contributed by atoms with E-state index in [-0.39, 0.29) is 11.3 Å². The Balaban J connectivity index is 1.87. The standard InChI is InChI=1S/C27H34ClN3O3/c1-3-5-15-30(16-6-4-2)17-8-18-31-24(21-9-7-14-29-19-21)23(26(33)27(31)34)25(32)20-10-12-22(28)13-11-20/h7,9-14,19,24,32H,3-6,8,15-18H2,1-2H3/b25-23-. The molecule has 1 aromatic heterocycles. The Morgan fingerprint density at radius 1 is 1.03 bits per heavy atom. The van der Waals surface area contributed by atoms with Gasteiger partial charge in [-0.3, -0.25) is 14.6 Å². The van der Waals surface area contributed by atoms with Crippen molar-refractivity contribution in [1.82, 2.24) is 14.8 Å². The first-order valence-corrected chi connectivity index (χ1v) is 12.5. The quantitative estimate of drug-likeness (QED) is 0.247. The van der Waals surface area contributed by atoms with Gasteiger partial charge in [0.05, 0.1) is 11.6 Å². The molecular weight excluding hydrogens is 450 g/mol. The van der Waals surface area contributed by atoms with Crippen molar-refractivity contribution < 1.29 is 14.7 Å². The van der Waals surface area contributed by atoms with Crippen LogP contribution in [0.1, 0.15) is 63.1 Å². The summed E-state index contributed by atoms with van der Waals surface area (Å²) < 4.78 is 0. The lowest BCUT2D eigenvalue weighted by Gasteiger charge is -2.27. The van der Waals surface area contributed by atoms with Crippen LogP contribution < -0.4 is 0 Å². The van der Waals surface area contributed by atoms with Crippen LogP contribution in [0.15, 0.2) is 54.4 Å². The van der Waals surface area contributed by atoms with Crippen LogP contribution in [0.2, 0.25) is 5.02 Å². The molecule has 0 bridgehead atoms. The van der Waals surface area contributed by atoms with Crippen LogP contribution in [-0.4, -0.2) is 57.8 Å². The average Bonchev–Trinajstić information content (AvgIpc) is 3.11. The summed E-state index contributed by atoms with van der Waals surface area (Å²) >= 11 is 5.98. The topological polar surface area (TPSA) is 73.7 Å². The largest absolute Gasteiger partial charge is 0.507 e. The van der Waals surface area contributed by atoms with E-state index in [4.69, 9.17) is 11.6 Å². The molecule has 7 heteroatoms. The Kier molecular flexibility index (Phi) is 9.66. The Bertz CT molecular complexity index is 984. The summed E-state index contributed by atoms with van der Waals surface area (Å²) in [6.07, 6.45) is 8.61. The molecule has 6 nitrogen and oxygen atoms in total. The number of hydrogen-bond acceptors (Lipinski definition) is 5. The van der Waals surface area contributed by atoms with E-state index in [1.54, 1.807) is 47.6 Å². The van der Waals surface area contributed by atoms with Gasteiger partial charge >= 0.3 is 0 Å². The summed E-state index contributed by atoms with van der Waals surface area (Å²) in [5, 5.41) is 11.6. The van der Waals surface area contributed by atoms with Crippen LogP contribution in [0.3, 0.4) is 0 Å². The van der Waals surface area contributed by atoms with E-state index >= 15 is 0 Å². The third-order valence-corrected chi connectivity index (χ3v) is 6.44. The summed E-state index contributed by atoms with van der Waals surface area (Å²) in [6.45, 7) is 7.74. The Morgan fingerprint density at radius 3 is 2.26 bits per heavy atom. The predicted octanol–water partition coefficient (Wildman–Crippen LogP) is 5.45. The minimum absolute atomic E-state index is 0.0918. The molecule has 1 atom stereocenters. The van der Waals surface area contributed by atoms with Gasteiger partial charge in [-0.25, -0.2) is 0 Å². The van der Waals surface area contributed by atoms with E-state index in [2.05, 4.69) is 23.7 Å². The van der Waals surface area contributed by atoms with E-state index in [1.165, 1.54) is 0 Å². The lowest BCUT2D eigenvalue weighted by molar-refractivity contribution is -0.140. The molecule has 1 aliphatic heterocycles. The number of unbranched alkanes of at least 4 members (excludes halogenated alkanes) is 2. The van der Waals surface area contributed by atoms with Crippen molar-refractivity contribution in [3.63, 3.8) is 0 Å². The van der Waals surface area contributed by atoms with Gasteiger partial charge < -0.3 is 14.9 Å². The molecule has 3 rings (SSSR count). The molecule has 1 N–H and O–H groups in total. The van der Waals surface area contributed by atoms with Gasteiger partial charge in [0.15, 0.2) is 0 Å². The monoisotopic (exact) mass is 483 g/mol. The minimum Gasteiger partial charge on any atom is -0.507 e. The fourth-order valence-corrected chi connectivity index (χ4v) is 4.45. The second-order valence-corrected chi connectivity index (χ2v) is 9.12. The van der Waals surface area contributed by atoms with Crippen LogP contribution in [0.25, 0.3) is 5.76 Å². The number of aliphatic hydroxyl groups is 1. The highest BCUT2D eigenvalue weighted by Gasteiger charge is 2.45. The zero-order valence-electron chi connectivity index (χ0n) is 20.0. The lowest BCUT2D eigenvalue weighted by Crippen LogP contribution is -2.34. The zero-order chi connectivity index (χ0) is 24.5. The first-order chi connectivity index (χ1) is 16.5. The molecule has 1 aromatic carbocycles. The molecule has 182 valence electrons. The summed E-state index contributed by atoms with van der Waals surface area (Å²) in [6, 6.07) is 9.51. The van der Waals surface area contributed by atoms with Crippen LogP contribution in [0, 0.1) is 0 Å². The molecule has 0 spiro atoms. The van der Waals surface area contributed by atoms with Crippen molar-refractivity contribution in [3.8, 4) is 0 Å². The number of pyridine rings is 1. The maximum atomic E-state index is 13.1. The van der Waals surface area contributed by atoms with Gasteiger partial charge in [0, 0.05) is 29.5 Å². The zero-order valence-corrected chi connectivity index (χ0v) is 20.8. The third kappa shape index (κ3) is 6.24. The molecule has 0 aliphatic carbocycles. The molecule has 1 unspecified atom stereocenters. The first-order valence-electron chi connectivity index (χ1n) is 12.1. The van der Waals surface area contributed by atoms with Crippen LogP contribution in [-0.2, 0) is 9.59 Å². The van der Waals surface area contributed by atoms with Crippen molar-refractivity contribution in [2.24, 2.45) is 0 Å². The number of nitrogens with zero attached hydrogens (tertiary/aromatic N) is 3. The maximum absolute atomic E-state index is 13.1. The third-order valence-electron chi connectivity index (χ3n) is 6.19. The normalized spacial score (nSPS) is 17.6.